The van der Waals surface area contributed by atoms with E-state index in [4.69, 9.17) is 9.47 Å². The standard InChI is InChI=1S/C16H21N3O2/c1-12(2)20-16-15(17-9-10-18-16)19-11-13(3)21-14-7-5-4-6-8-14/h4-10,12-13H,11H2,1-3H3,(H,17,19). The van der Waals surface area contributed by atoms with E-state index in [2.05, 4.69) is 15.3 Å². The van der Waals surface area contributed by atoms with Gasteiger partial charge in [-0.05, 0) is 32.9 Å². The second kappa shape index (κ2) is 7.47. The lowest BCUT2D eigenvalue weighted by atomic mass is 10.3. The lowest BCUT2D eigenvalue weighted by molar-refractivity contribution is 0.228. The zero-order chi connectivity index (χ0) is 15.1. The number of para-hydroxylation sites is 1. The molecule has 112 valence electrons. The molecule has 1 N–H and O–H groups in total. The summed E-state index contributed by atoms with van der Waals surface area (Å²) in [6.45, 7) is 6.53. The number of anilines is 1. The van der Waals surface area contributed by atoms with Crippen LogP contribution in [0.25, 0.3) is 0 Å². The van der Waals surface area contributed by atoms with Gasteiger partial charge in [0.1, 0.15) is 11.9 Å². The first-order valence-corrected chi connectivity index (χ1v) is 7.08. The van der Waals surface area contributed by atoms with Gasteiger partial charge >= 0.3 is 0 Å². The van der Waals surface area contributed by atoms with Crippen molar-refractivity contribution in [2.75, 3.05) is 11.9 Å². The van der Waals surface area contributed by atoms with Crippen molar-refractivity contribution >= 4 is 5.82 Å². The number of nitrogens with one attached hydrogen (secondary N) is 1. The molecule has 0 aliphatic heterocycles. The summed E-state index contributed by atoms with van der Waals surface area (Å²) in [5.74, 6) is 2.00. The highest BCUT2D eigenvalue weighted by Gasteiger charge is 2.10. The third kappa shape index (κ3) is 4.95. The molecule has 0 saturated heterocycles. The predicted octanol–water partition coefficient (Wildman–Crippen LogP) is 3.14. The van der Waals surface area contributed by atoms with Gasteiger partial charge in [-0.2, -0.15) is 0 Å². The van der Waals surface area contributed by atoms with Crippen LogP contribution in [0.1, 0.15) is 20.8 Å². The fourth-order valence-corrected chi connectivity index (χ4v) is 1.77. The van der Waals surface area contributed by atoms with E-state index in [0.717, 1.165) is 5.75 Å². The van der Waals surface area contributed by atoms with Crippen LogP contribution in [0.3, 0.4) is 0 Å². The number of ether oxygens (including phenoxy) is 2. The first-order chi connectivity index (χ1) is 10.1. The van der Waals surface area contributed by atoms with Gasteiger partial charge in [-0.3, -0.25) is 0 Å². The van der Waals surface area contributed by atoms with Gasteiger partial charge < -0.3 is 14.8 Å². The normalized spacial score (nSPS) is 12.0. The largest absolute Gasteiger partial charge is 0.489 e. The average Bonchev–Trinajstić information content (AvgIpc) is 2.47. The summed E-state index contributed by atoms with van der Waals surface area (Å²) in [5.41, 5.74) is 0. The monoisotopic (exact) mass is 287 g/mol. The molecule has 5 nitrogen and oxygen atoms in total. The van der Waals surface area contributed by atoms with Crippen LogP contribution < -0.4 is 14.8 Å². The zero-order valence-corrected chi connectivity index (χ0v) is 12.6. The van der Waals surface area contributed by atoms with E-state index in [9.17, 15) is 0 Å². The lowest BCUT2D eigenvalue weighted by Crippen LogP contribution is -2.23. The van der Waals surface area contributed by atoms with Crippen molar-refractivity contribution in [3.8, 4) is 11.6 Å². The maximum absolute atomic E-state index is 5.81. The van der Waals surface area contributed by atoms with Crippen molar-refractivity contribution in [1.29, 1.82) is 0 Å². The van der Waals surface area contributed by atoms with Crippen LogP contribution in [0.5, 0.6) is 11.6 Å². The fourth-order valence-electron chi connectivity index (χ4n) is 1.77. The summed E-state index contributed by atoms with van der Waals surface area (Å²) < 4.78 is 11.4. The van der Waals surface area contributed by atoms with Crippen LogP contribution >= 0.6 is 0 Å². The molecule has 5 heteroatoms. The third-order valence-corrected chi connectivity index (χ3v) is 2.65. The summed E-state index contributed by atoms with van der Waals surface area (Å²) >= 11 is 0. The minimum absolute atomic E-state index is 0.00121. The van der Waals surface area contributed by atoms with Gasteiger partial charge in [-0.15, -0.1) is 0 Å². The molecule has 2 aromatic rings. The zero-order valence-electron chi connectivity index (χ0n) is 12.6. The lowest BCUT2D eigenvalue weighted by Gasteiger charge is -2.17. The molecule has 0 radical (unpaired) electrons. The van der Waals surface area contributed by atoms with Gasteiger partial charge in [0, 0.05) is 12.4 Å². The van der Waals surface area contributed by atoms with Crippen molar-refractivity contribution in [2.45, 2.75) is 33.0 Å². The van der Waals surface area contributed by atoms with Crippen LogP contribution in [0.2, 0.25) is 0 Å². The Hall–Kier alpha value is -2.30. The maximum atomic E-state index is 5.81. The maximum Gasteiger partial charge on any atom is 0.257 e. The highest BCUT2D eigenvalue weighted by molar-refractivity contribution is 5.44. The first-order valence-electron chi connectivity index (χ1n) is 7.08. The van der Waals surface area contributed by atoms with Crippen molar-refractivity contribution in [2.24, 2.45) is 0 Å². The minimum atomic E-state index is 0.00121. The molecule has 2 rings (SSSR count). The van der Waals surface area contributed by atoms with E-state index in [1.54, 1.807) is 12.4 Å². The second-order valence-electron chi connectivity index (χ2n) is 5.00. The molecule has 0 aliphatic carbocycles. The van der Waals surface area contributed by atoms with Gasteiger partial charge in [-0.25, -0.2) is 9.97 Å². The number of benzene rings is 1. The van der Waals surface area contributed by atoms with Crippen molar-refractivity contribution < 1.29 is 9.47 Å². The number of hydrogen-bond donors (Lipinski definition) is 1. The molecule has 1 unspecified atom stereocenters. The topological polar surface area (TPSA) is 56.3 Å². The summed E-state index contributed by atoms with van der Waals surface area (Å²) in [7, 11) is 0. The summed E-state index contributed by atoms with van der Waals surface area (Å²) in [4.78, 5) is 8.45. The van der Waals surface area contributed by atoms with E-state index in [0.29, 0.717) is 18.2 Å². The molecule has 0 aliphatic rings. The van der Waals surface area contributed by atoms with Gasteiger partial charge in [-0.1, -0.05) is 18.2 Å². The third-order valence-electron chi connectivity index (χ3n) is 2.65. The Kier molecular flexibility index (Phi) is 5.37. The molecular formula is C16H21N3O2. The highest BCUT2D eigenvalue weighted by Crippen LogP contribution is 2.19. The molecule has 1 heterocycles. The van der Waals surface area contributed by atoms with Crippen molar-refractivity contribution in [3.05, 3.63) is 42.7 Å². The average molecular weight is 287 g/mol. The molecule has 1 aromatic heterocycles. The van der Waals surface area contributed by atoms with Crippen molar-refractivity contribution in [3.63, 3.8) is 0 Å². The smallest absolute Gasteiger partial charge is 0.257 e. The van der Waals surface area contributed by atoms with E-state index in [-0.39, 0.29) is 12.2 Å². The Morgan fingerprint density at radius 2 is 1.71 bits per heavy atom. The summed E-state index contributed by atoms with van der Waals surface area (Å²) in [5, 5.41) is 3.22. The molecule has 1 atom stereocenters. The van der Waals surface area contributed by atoms with Gasteiger partial charge in [0.2, 0.25) is 0 Å². The van der Waals surface area contributed by atoms with E-state index in [1.165, 1.54) is 0 Å². The molecule has 0 fully saturated rings. The Morgan fingerprint density at radius 3 is 2.43 bits per heavy atom. The molecule has 0 spiro atoms. The molecule has 0 bridgehead atoms. The summed E-state index contributed by atoms with van der Waals surface area (Å²) in [6.07, 6.45) is 3.31. The molecule has 21 heavy (non-hydrogen) atoms. The predicted molar refractivity (Wildman–Crippen MR) is 82.8 cm³/mol. The van der Waals surface area contributed by atoms with Gasteiger partial charge in [0.15, 0.2) is 5.82 Å². The van der Waals surface area contributed by atoms with E-state index >= 15 is 0 Å². The van der Waals surface area contributed by atoms with Gasteiger partial charge in [0.25, 0.3) is 5.88 Å². The molecule has 0 saturated carbocycles. The highest BCUT2D eigenvalue weighted by atomic mass is 16.5. The Balaban J connectivity index is 1.90. The van der Waals surface area contributed by atoms with Crippen LogP contribution in [0.4, 0.5) is 5.82 Å². The SMILES string of the molecule is CC(C)Oc1nccnc1NCC(C)Oc1ccccc1. The van der Waals surface area contributed by atoms with Crippen LogP contribution in [-0.2, 0) is 0 Å². The number of hydrogen-bond acceptors (Lipinski definition) is 5. The summed E-state index contributed by atoms with van der Waals surface area (Å²) in [6, 6.07) is 9.74. The van der Waals surface area contributed by atoms with Crippen LogP contribution in [0.15, 0.2) is 42.7 Å². The quantitative estimate of drug-likeness (QED) is 0.847. The number of rotatable bonds is 7. The van der Waals surface area contributed by atoms with Gasteiger partial charge in [0.05, 0.1) is 12.6 Å². The second-order valence-corrected chi connectivity index (χ2v) is 5.00. The molecule has 0 amide bonds. The Bertz CT molecular complexity index is 546. The fraction of sp³-hybridized carbons (Fsp3) is 0.375. The number of nitrogens with zero attached hydrogens (tertiary/aromatic N) is 2. The van der Waals surface area contributed by atoms with E-state index in [1.807, 2.05) is 51.1 Å². The molecule has 1 aromatic carbocycles. The molecular weight excluding hydrogens is 266 g/mol. The van der Waals surface area contributed by atoms with Crippen LogP contribution in [-0.4, -0.2) is 28.7 Å². The first kappa shape index (κ1) is 15.1. The van der Waals surface area contributed by atoms with Crippen molar-refractivity contribution in [1.82, 2.24) is 9.97 Å². The Labute approximate surface area is 125 Å². The van der Waals surface area contributed by atoms with E-state index < -0.39 is 0 Å². The Morgan fingerprint density at radius 1 is 1.00 bits per heavy atom. The van der Waals surface area contributed by atoms with Crippen LogP contribution in [0, 0.1) is 0 Å². The minimum Gasteiger partial charge on any atom is -0.489 e. The number of aromatic nitrogens is 2.